The third kappa shape index (κ3) is 6.52. The van der Waals surface area contributed by atoms with Crippen LogP contribution in [0.25, 0.3) is 111 Å². The molecule has 5 nitrogen and oxygen atoms in total. The van der Waals surface area contributed by atoms with Gasteiger partial charge in [0.1, 0.15) is 0 Å². The Kier molecular flexibility index (Phi) is 8.96. The summed E-state index contributed by atoms with van der Waals surface area (Å²) in [5.74, 6) is 0. The molecule has 0 aliphatic heterocycles. The van der Waals surface area contributed by atoms with Crippen molar-refractivity contribution in [3.05, 3.63) is 247 Å². The van der Waals surface area contributed by atoms with Crippen molar-refractivity contribution in [2.24, 2.45) is 0 Å². The van der Waals surface area contributed by atoms with Crippen molar-refractivity contribution < 1.29 is 4.92 Å². The number of hydrogen-bond donors (Lipinski definition) is 0. The molecule has 12 rings (SSSR count). The van der Waals surface area contributed by atoms with Crippen LogP contribution in [-0.4, -0.2) is 14.1 Å². The number of para-hydroxylation sites is 5. The van der Waals surface area contributed by atoms with E-state index < -0.39 is 0 Å². The number of rotatable bonds is 8. The second-order valence-corrected chi connectivity index (χ2v) is 16.4. The van der Waals surface area contributed by atoms with Crippen LogP contribution >= 0.6 is 0 Å². The van der Waals surface area contributed by atoms with Crippen LogP contribution in [0.15, 0.2) is 224 Å². The fraction of sp³-hybridized carbons (Fsp3) is 0. The highest BCUT2D eigenvalue weighted by atomic mass is 16.6. The van der Waals surface area contributed by atoms with Gasteiger partial charge in [0.15, 0.2) is 0 Å². The van der Waals surface area contributed by atoms with Gasteiger partial charge in [-0.25, -0.2) is 0 Å². The summed E-state index contributed by atoms with van der Waals surface area (Å²) in [5, 5.41) is 17.1. The van der Waals surface area contributed by atoms with Crippen molar-refractivity contribution in [3.8, 4) is 67.0 Å². The summed E-state index contributed by atoms with van der Waals surface area (Å²) in [6.07, 6.45) is 0. The highest BCUT2D eigenvalue weighted by Crippen LogP contribution is 2.40. The van der Waals surface area contributed by atoms with Gasteiger partial charge in [-0.3, -0.25) is 10.1 Å². The molecule has 0 atom stereocenters. The molecule has 0 spiro atoms. The Bertz CT molecular complexity index is 3590. The lowest BCUT2D eigenvalue weighted by Gasteiger charge is -2.13. The normalized spacial score (nSPS) is 11.4. The van der Waals surface area contributed by atoms with Gasteiger partial charge in [0, 0.05) is 44.5 Å². The van der Waals surface area contributed by atoms with Crippen LogP contribution < -0.4 is 0 Å². The number of fused-ring (bicyclic) bond motifs is 6. The topological polar surface area (TPSA) is 53.0 Å². The van der Waals surface area contributed by atoms with E-state index >= 15 is 0 Å². The maximum atomic E-state index is 12.4. The van der Waals surface area contributed by atoms with Crippen molar-refractivity contribution in [1.29, 1.82) is 0 Å². The Morgan fingerprint density at radius 1 is 0.369 bits per heavy atom. The molecule has 304 valence electrons. The van der Waals surface area contributed by atoms with Crippen LogP contribution in [0.3, 0.4) is 0 Å². The van der Waals surface area contributed by atoms with Gasteiger partial charge in [0.25, 0.3) is 5.69 Å². The number of aromatic nitrogens is 2. The second-order valence-electron chi connectivity index (χ2n) is 16.4. The molecule has 0 unspecified atom stereocenters. The zero-order valence-corrected chi connectivity index (χ0v) is 35.0. The SMILES string of the molecule is O=[N+]([O-])c1ccccc1-c1cc(-c2c#ccc(-c3ccc4c(c3)c3ccccc3n4-c3ccccc3)c2)cc(-c2cccc(-c3ccc4c(c3)c3ccccc3n4-c3ccccc3)c2)c1. The molecule has 5 heteroatoms. The summed E-state index contributed by atoms with van der Waals surface area (Å²) in [5.41, 5.74) is 16.1. The number of nitro benzene ring substituents is 1. The molecule has 65 heavy (non-hydrogen) atoms. The molecule has 0 radical (unpaired) electrons. The van der Waals surface area contributed by atoms with Gasteiger partial charge in [-0.15, -0.1) is 0 Å². The quantitative estimate of drug-likeness (QED) is 0.113. The molecule has 2 aromatic heterocycles. The number of benzene rings is 9. The highest BCUT2D eigenvalue weighted by Gasteiger charge is 2.19. The van der Waals surface area contributed by atoms with Crippen molar-refractivity contribution in [3.63, 3.8) is 0 Å². The van der Waals surface area contributed by atoms with E-state index in [4.69, 9.17) is 0 Å². The van der Waals surface area contributed by atoms with Gasteiger partial charge >= 0.3 is 0 Å². The van der Waals surface area contributed by atoms with Crippen molar-refractivity contribution in [1.82, 2.24) is 9.13 Å². The molecule has 0 saturated heterocycles. The van der Waals surface area contributed by atoms with E-state index in [1.54, 1.807) is 12.1 Å². The first-order valence-electron chi connectivity index (χ1n) is 21.7. The summed E-state index contributed by atoms with van der Waals surface area (Å²) >= 11 is 0. The van der Waals surface area contributed by atoms with Crippen LogP contribution in [0.2, 0.25) is 0 Å². The van der Waals surface area contributed by atoms with Crippen LogP contribution in [0.4, 0.5) is 5.69 Å². The summed E-state index contributed by atoms with van der Waals surface area (Å²) in [6, 6.07) is 84.0. The Morgan fingerprint density at radius 3 is 1.48 bits per heavy atom. The maximum absolute atomic E-state index is 12.4. The van der Waals surface area contributed by atoms with Gasteiger partial charge in [-0.05, 0) is 148 Å². The van der Waals surface area contributed by atoms with Crippen molar-refractivity contribution in [2.75, 3.05) is 0 Å². The molecular formula is C60H37N3O2. The molecule has 0 aliphatic rings. The van der Waals surface area contributed by atoms with Gasteiger partial charge in [0.05, 0.1) is 32.6 Å². The summed E-state index contributed by atoms with van der Waals surface area (Å²) in [6.45, 7) is 0. The largest absolute Gasteiger partial charge is 0.309 e. The predicted molar refractivity (Wildman–Crippen MR) is 267 cm³/mol. The van der Waals surface area contributed by atoms with E-state index in [-0.39, 0.29) is 10.6 Å². The van der Waals surface area contributed by atoms with E-state index in [1.165, 1.54) is 16.2 Å². The zero-order valence-electron chi connectivity index (χ0n) is 35.0. The first kappa shape index (κ1) is 37.8. The minimum atomic E-state index is -0.307. The van der Waals surface area contributed by atoms with Gasteiger partial charge in [0.2, 0.25) is 0 Å². The molecule has 0 N–H and O–H groups in total. The lowest BCUT2D eigenvalue weighted by atomic mass is 9.91. The van der Waals surface area contributed by atoms with Crippen LogP contribution in [-0.2, 0) is 0 Å². The zero-order chi connectivity index (χ0) is 43.4. The lowest BCUT2D eigenvalue weighted by Crippen LogP contribution is -1.93. The molecule has 10 aromatic carbocycles. The van der Waals surface area contributed by atoms with E-state index in [2.05, 4.69) is 197 Å². The van der Waals surface area contributed by atoms with Crippen LogP contribution in [0.1, 0.15) is 0 Å². The molecule has 0 amide bonds. The average molecular weight is 832 g/mol. The monoisotopic (exact) mass is 831 g/mol. The van der Waals surface area contributed by atoms with Crippen molar-refractivity contribution >= 4 is 49.3 Å². The van der Waals surface area contributed by atoms with Gasteiger partial charge in [-0.1, -0.05) is 127 Å². The van der Waals surface area contributed by atoms with Gasteiger partial charge in [-0.2, -0.15) is 0 Å². The molecule has 0 saturated carbocycles. The second kappa shape index (κ2) is 15.4. The minimum absolute atomic E-state index is 0.0552. The highest BCUT2D eigenvalue weighted by molar-refractivity contribution is 6.11. The van der Waals surface area contributed by atoms with E-state index in [0.29, 0.717) is 5.56 Å². The van der Waals surface area contributed by atoms with Crippen molar-refractivity contribution in [2.45, 2.75) is 0 Å². The predicted octanol–water partition coefficient (Wildman–Crippen LogP) is 15.7. The smallest absolute Gasteiger partial charge is 0.277 e. The first-order valence-corrected chi connectivity index (χ1v) is 21.7. The van der Waals surface area contributed by atoms with E-state index in [9.17, 15) is 10.1 Å². The Hall–Kier alpha value is -8.98. The first-order chi connectivity index (χ1) is 32.1. The Labute approximate surface area is 375 Å². The molecular weight excluding hydrogens is 795 g/mol. The van der Waals surface area contributed by atoms with Crippen LogP contribution in [0, 0.1) is 22.2 Å². The number of nitrogens with zero attached hydrogens (tertiary/aromatic N) is 3. The Balaban J connectivity index is 0.980. The van der Waals surface area contributed by atoms with Crippen LogP contribution in [0.5, 0.6) is 0 Å². The lowest BCUT2D eigenvalue weighted by molar-refractivity contribution is -0.384. The molecule has 12 aromatic rings. The van der Waals surface area contributed by atoms with Gasteiger partial charge < -0.3 is 9.13 Å². The van der Waals surface area contributed by atoms with E-state index in [0.717, 1.165) is 88.9 Å². The third-order valence-corrected chi connectivity index (χ3v) is 12.6. The molecule has 2 heterocycles. The van der Waals surface area contributed by atoms with E-state index in [1.807, 2.05) is 36.4 Å². The average Bonchev–Trinajstić information content (AvgIpc) is 3.89. The maximum Gasteiger partial charge on any atom is 0.277 e. The Morgan fingerprint density at radius 2 is 0.846 bits per heavy atom. The molecule has 0 bridgehead atoms. The number of hydrogen-bond acceptors (Lipinski definition) is 2. The fourth-order valence-electron chi connectivity index (χ4n) is 9.62. The summed E-state index contributed by atoms with van der Waals surface area (Å²) in [7, 11) is 0. The minimum Gasteiger partial charge on any atom is -0.309 e. The summed E-state index contributed by atoms with van der Waals surface area (Å²) < 4.78 is 4.64. The molecule has 0 aliphatic carbocycles. The third-order valence-electron chi connectivity index (χ3n) is 12.6. The summed E-state index contributed by atoms with van der Waals surface area (Å²) in [4.78, 5) is 12.1. The standard InChI is InChI=1S/C60H37N3O2/c64-63(65)60-28-12-7-23-51(60)48-36-46(42-17-13-15-40(33-42)44-29-31-58-54(38-44)52-24-8-10-26-56(52)61(58)49-19-3-1-4-20-49)35-47(37-48)43-18-14-16-41(34-43)45-30-32-59-55(39-45)53-25-9-11-27-57(53)62(59)50-21-5-2-6-22-50/h1-13,15-17,19-39H. The number of nitro groups is 1. The molecule has 0 fully saturated rings. The fourth-order valence-corrected chi connectivity index (χ4v) is 9.62.